The highest BCUT2D eigenvalue weighted by Crippen LogP contribution is 2.34. The predicted octanol–water partition coefficient (Wildman–Crippen LogP) is 6.08. The first-order valence-electron chi connectivity index (χ1n) is 20.6. The maximum Gasteiger partial charge on any atom is 0.255 e. The molecule has 2 aromatic heterocycles. The summed E-state index contributed by atoms with van der Waals surface area (Å²) in [6, 6.07) is 15.2. The zero-order valence-electron chi connectivity index (χ0n) is 32.5. The van der Waals surface area contributed by atoms with Gasteiger partial charge in [-0.25, -0.2) is 18.7 Å². The van der Waals surface area contributed by atoms with Crippen LogP contribution in [0.2, 0.25) is 0 Å². The van der Waals surface area contributed by atoms with Crippen LogP contribution >= 0.6 is 0 Å². The van der Waals surface area contributed by atoms with Gasteiger partial charge in [-0.1, -0.05) is 24.3 Å². The summed E-state index contributed by atoms with van der Waals surface area (Å²) in [5.41, 5.74) is 2.89. The zero-order valence-corrected chi connectivity index (χ0v) is 32.5. The van der Waals surface area contributed by atoms with Crippen LogP contribution in [0.1, 0.15) is 75.7 Å². The van der Waals surface area contributed by atoms with Gasteiger partial charge in [0.15, 0.2) is 5.82 Å². The van der Waals surface area contributed by atoms with Crippen molar-refractivity contribution < 1.29 is 23.2 Å². The van der Waals surface area contributed by atoms with Gasteiger partial charge in [0.2, 0.25) is 23.7 Å². The van der Waals surface area contributed by atoms with Crippen LogP contribution in [-0.2, 0) is 14.4 Å². The van der Waals surface area contributed by atoms with Gasteiger partial charge in [-0.2, -0.15) is 0 Å². The lowest BCUT2D eigenvalue weighted by Gasteiger charge is -2.39. The summed E-state index contributed by atoms with van der Waals surface area (Å²) < 4.78 is 30.2. The molecule has 0 bridgehead atoms. The van der Waals surface area contributed by atoms with Crippen molar-refractivity contribution in [2.24, 2.45) is 11.8 Å². The van der Waals surface area contributed by atoms with Crippen molar-refractivity contribution in [3.63, 3.8) is 0 Å². The van der Waals surface area contributed by atoms with Crippen LogP contribution in [0.5, 0.6) is 0 Å². The van der Waals surface area contributed by atoms with Crippen molar-refractivity contribution in [2.75, 3.05) is 43.4 Å². The number of pyridine rings is 1. The van der Waals surface area contributed by atoms with Gasteiger partial charge in [0, 0.05) is 61.0 Å². The number of aromatic nitrogens is 3. The summed E-state index contributed by atoms with van der Waals surface area (Å²) in [7, 11) is 0. The van der Waals surface area contributed by atoms with E-state index in [4.69, 9.17) is 0 Å². The minimum atomic E-state index is -0.550. The monoisotopic (exact) mass is 792 g/mol. The number of piperidine rings is 3. The predicted molar refractivity (Wildman–Crippen MR) is 217 cm³/mol. The zero-order chi connectivity index (χ0) is 40.2. The molecule has 12 nitrogen and oxygen atoms in total. The lowest BCUT2D eigenvalue weighted by Crippen LogP contribution is -2.47. The smallest absolute Gasteiger partial charge is 0.255 e. The number of halogens is 2. The summed E-state index contributed by atoms with van der Waals surface area (Å²) in [6.45, 7) is 4.35. The van der Waals surface area contributed by atoms with Gasteiger partial charge < -0.3 is 25.4 Å². The molecule has 8 rings (SSSR count). The van der Waals surface area contributed by atoms with E-state index in [-0.39, 0.29) is 59.1 Å². The molecule has 3 amide bonds. The Morgan fingerprint density at radius 3 is 2.33 bits per heavy atom. The van der Waals surface area contributed by atoms with Crippen molar-refractivity contribution >= 4 is 29.4 Å². The average molecular weight is 793 g/mol. The molecule has 5 heterocycles. The number of amides is 3. The Bertz CT molecular complexity index is 2190. The van der Waals surface area contributed by atoms with Gasteiger partial charge in [-0.05, 0) is 124 Å². The molecule has 304 valence electrons. The van der Waals surface area contributed by atoms with Crippen LogP contribution in [0.25, 0.3) is 22.4 Å². The minimum Gasteiger partial charge on any atom is -0.374 e. The summed E-state index contributed by atoms with van der Waals surface area (Å²) in [4.78, 5) is 65.4. The molecule has 0 radical (unpaired) electrons. The van der Waals surface area contributed by atoms with E-state index < -0.39 is 11.9 Å². The van der Waals surface area contributed by atoms with E-state index in [0.717, 1.165) is 84.1 Å². The first-order chi connectivity index (χ1) is 28.2. The van der Waals surface area contributed by atoms with Crippen molar-refractivity contribution in [3.8, 4) is 22.4 Å². The van der Waals surface area contributed by atoms with Gasteiger partial charge in [0.05, 0.1) is 6.20 Å². The van der Waals surface area contributed by atoms with Crippen molar-refractivity contribution in [2.45, 2.75) is 82.2 Å². The highest BCUT2D eigenvalue weighted by Gasteiger charge is 2.33. The molecule has 4 fully saturated rings. The number of nitrogens with zero attached hydrogens (tertiary/aromatic N) is 4. The second-order valence-electron chi connectivity index (χ2n) is 16.3. The molecule has 3 saturated heterocycles. The largest absolute Gasteiger partial charge is 0.374 e. The molecule has 1 saturated carbocycles. The van der Waals surface area contributed by atoms with Crippen LogP contribution in [0.3, 0.4) is 0 Å². The van der Waals surface area contributed by atoms with Crippen molar-refractivity contribution in [1.29, 1.82) is 0 Å². The summed E-state index contributed by atoms with van der Waals surface area (Å²) >= 11 is 0. The Hall–Kier alpha value is -5.50. The number of likely N-dealkylation sites (tertiary alicyclic amines) is 2. The van der Waals surface area contributed by atoms with Gasteiger partial charge in [-0.3, -0.25) is 24.5 Å². The molecule has 0 unspecified atom stereocenters. The molecular formula is C44H50F2N8O4. The number of carbonyl (C=O) groups excluding carboxylic acids is 3. The lowest BCUT2D eigenvalue weighted by atomic mass is 9.84. The molecule has 4 N–H and O–H groups in total. The maximum atomic E-state index is 15.2. The highest BCUT2D eigenvalue weighted by molar-refractivity contribution is 6.01. The highest BCUT2D eigenvalue weighted by atomic mass is 19.1. The molecule has 4 aromatic rings. The molecule has 2 aromatic carbocycles. The molecular weight excluding hydrogens is 743 g/mol. The summed E-state index contributed by atoms with van der Waals surface area (Å²) in [6.07, 6.45) is 10.2. The van der Waals surface area contributed by atoms with E-state index >= 15 is 4.39 Å². The normalized spacial score (nSPS) is 22.4. The van der Waals surface area contributed by atoms with E-state index in [1.165, 1.54) is 12.3 Å². The second-order valence-corrected chi connectivity index (χ2v) is 16.3. The standard InChI is InChI=1S/C44H50F2N8O4/c45-36-24-33(49-38-12-13-39(55)51-42(38)57)10-11-34(36)28-16-19-53(20-17-28)26-27-14-21-54(22-15-27)43(58)29-6-8-32(9-7-29)50-44-48-25-37(46)40(52-44)31-4-1-3-30(23-31)35-5-2-18-47-41(35)56/h1-5,10-11,18,23-25,27-29,32,38,49H,6-9,12-17,19-22,26H2,(H,47,56)(H,48,50,52)(H,51,55,57)/t29-,32-,38-/m1/s1. The quantitative estimate of drug-likeness (QED) is 0.140. The molecule has 58 heavy (non-hydrogen) atoms. The molecule has 0 spiro atoms. The fourth-order valence-electron chi connectivity index (χ4n) is 9.16. The Morgan fingerprint density at radius 1 is 0.810 bits per heavy atom. The number of rotatable bonds is 10. The van der Waals surface area contributed by atoms with E-state index in [9.17, 15) is 23.6 Å². The number of nitrogens with one attached hydrogen (secondary N) is 4. The number of hydrogen-bond acceptors (Lipinski definition) is 9. The van der Waals surface area contributed by atoms with E-state index in [1.54, 1.807) is 42.6 Å². The number of carbonyl (C=O) groups is 3. The first-order valence-corrected chi connectivity index (χ1v) is 20.6. The van der Waals surface area contributed by atoms with Crippen LogP contribution in [0.15, 0.2) is 71.8 Å². The number of H-pyrrole nitrogens is 1. The Kier molecular flexibility index (Phi) is 11.9. The third-order valence-electron chi connectivity index (χ3n) is 12.5. The average Bonchev–Trinajstić information content (AvgIpc) is 3.23. The van der Waals surface area contributed by atoms with E-state index in [0.29, 0.717) is 46.2 Å². The number of benzene rings is 2. The van der Waals surface area contributed by atoms with E-state index in [1.807, 2.05) is 12.1 Å². The Labute approximate surface area is 336 Å². The van der Waals surface area contributed by atoms with Crippen molar-refractivity contribution in [3.05, 3.63) is 94.5 Å². The van der Waals surface area contributed by atoms with Crippen LogP contribution in [-0.4, -0.2) is 87.3 Å². The fraction of sp³-hybridized carbons (Fsp3) is 0.455. The molecule has 4 aliphatic rings. The summed E-state index contributed by atoms with van der Waals surface area (Å²) in [5, 5.41) is 8.77. The number of imide groups is 1. The second kappa shape index (κ2) is 17.6. The van der Waals surface area contributed by atoms with Crippen molar-refractivity contribution in [1.82, 2.24) is 30.1 Å². The minimum absolute atomic E-state index is 0.00937. The van der Waals surface area contributed by atoms with Gasteiger partial charge in [0.1, 0.15) is 17.6 Å². The summed E-state index contributed by atoms with van der Waals surface area (Å²) in [5.74, 6) is -0.232. The molecule has 1 atom stereocenters. The number of hydrogen-bond donors (Lipinski definition) is 4. The van der Waals surface area contributed by atoms with Crippen LogP contribution in [0.4, 0.5) is 20.4 Å². The fourth-order valence-corrected chi connectivity index (χ4v) is 9.16. The molecule has 14 heteroatoms. The van der Waals surface area contributed by atoms with Crippen LogP contribution in [0, 0.1) is 23.5 Å². The SMILES string of the molecule is O=C1CC[C@@H](Nc2ccc(C3CCN(CC4CCN(C(=O)[C@H]5CC[C@H](Nc6ncc(F)c(-c7cccc(-c8ccc[nH]c8=O)c7)n6)CC5)CC4)CC3)c(F)c2)C(=O)N1. The Balaban J connectivity index is 0.761. The lowest BCUT2D eigenvalue weighted by molar-refractivity contribution is -0.138. The van der Waals surface area contributed by atoms with E-state index in [2.05, 4.69) is 40.7 Å². The maximum absolute atomic E-state index is 15.2. The first kappa shape index (κ1) is 39.3. The molecule has 3 aliphatic heterocycles. The van der Waals surface area contributed by atoms with Gasteiger partial charge in [0.25, 0.3) is 5.56 Å². The van der Waals surface area contributed by atoms with Gasteiger partial charge >= 0.3 is 0 Å². The Morgan fingerprint density at radius 2 is 1.59 bits per heavy atom. The number of anilines is 2. The third-order valence-corrected chi connectivity index (χ3v) is 12.5. The topological polar surface area (TPSA) is 152 Å². The van der Waals surface area contributed by atoms with Gasteiger partial charge in [-0.15, -0.1) is 0 Å². The number of aromatic amines is 1. The molecule has 1 aliphatic carbocycles. The van der Waals surface area contributed by atoms with Crippen LogP contribution < -0.4 is 21.5 Å². The third kappa shape index (κ3) is 9.12.